The highest BCUT2D eigenvalue weighted by Gasteiger charge is 2.30. The molecule has 1 atom stereocenters. The third kappa shape index (κ3) is 4.64. The molecule has 0 aliphatic carbocycles. The Bertz CT molecular complexity index is 434. The summed E-state index contributed by atoms with van der Waals surface area (Å²) in [7, 11) is 0. The second-order valence-electron chi connectivity index (χ2n) is 5.32. The Morgan fingerprint density at radius 1 is 1.38 bits per heavy atom. The molecule has 1 fully saturated rings. The zero-order valence-electron chi connectivity index (χ0n) is 12.4. The standard InChI is InChI=1S/C16H23NO3S/c1-13(11-18)17(15-7-9-21-10-8-15)16(19)20-12-14-5-3-2-4-6-14/h2-6,13,15,18H,7-12H2,1H3. The van der Waals surface area contributed by atoms with Gasteiger partial charge in [-0.25, -0.2) is 4.79 Å². The van der Waals surface area contributed by atoms with Crippen LogP contribution in [-0.4, -0.2) is 46.3 Å². The molecule has 1 amide bonds. The number of ether oxygens (including phenoxy) is 1. The maximum Gasteiger partial charge on any atom is 0.410 e. The number of carbonyl (C=O) groups excluding carboxylic acids is 1. The van der Waals surface area contributed by atoms with Gasteiger partial charge >= 0.3 is 6.09 Å². The molecular weight excluding hydrogens is 286 g/mol. The van der Waals surface area contributed by atoms with E-state index in [2.05, 4.69) is 0 Å². The summed E-state index contributed by atoms with van der Waals surface area (Å²) in [4.78, 5) is 14.1. The van der Waals surface area contributed by atoms with Crippen molar-refractivity contribution in [2.24, 2.45) is 0 Å². The van der Waals surface area contributed by atoms with Crippen molar-refractivity contribution in [3.63, 3.8) is 0 Å². The molecule has 2 rings (SSSR count). The van der Waals surface area contributed by atoms with Crippen LogP contribution in [0.2, 0.25) is 0 Å². The van der Waals surface area contributed by atoms with E-state index < -0.39 is 0 Å². The number of rotatable bonds is 5. The van der Waals surface area contributed by atoms with Gasteiger partial charge in [-0.1, -0.05) is 30.3 Å². The number of hydrogen-bond donors (Lipinski definition) is 1. The molecular formula is C16H23NO3S. The lowest BCUT2D eigenvalue weighted by atomic mass is 10.1. The molecule has 116 valence electrons. The summed E-state index contributed by atoms with van der Waals surface area (Å²) in [5.41, 5.74) is 0.974. The van der Waals surface area contributed by atoms with Crippen LogP contribution in [0.15, 0.2) is 30.3 Å². The monoisotopic (exact) mass is 309 g/mol. The lowest BCUT2D eigenvalue weighted by Crippen LogP contribution is -2.49. The van der Waals surface area contributed by atoms with Crippen LogP contribution in [0.4, 0.5) is 4.79 Å². The van der Waals surface area contributed by atoms with Gasteiger partial charge in [0.15, 0.2) is 0 Å². The van der Waals surface area contributed by atoms with Crippen LogP contribution < -0.4 is 0 Å². The number of thioether (sulfide) groups is 1. The van der Waals surface area contributed by atoms with Crippen molar-refractivity contribution in [1.29, 1.82) is 0 Å². The van der Waals surface area contributed by atoms with Gasteiger partial charge in [0.05, 0.1) is 12.6 Å². The molecule has 1 N–H and O–H groups in total. The fourth-order valence-corrected chi connectivity index (χ4v) is 3.62. The highest BCUT2D eigenvalue weighted by Crippen LogP contribution is 2.24. The molecule has 0 aromatic heterocycles. The smallest absolute Gasteiger partial charge is 0.410 e. The van der Waals surface area contributed by atoms with Crippen LogP contribution in [0.25, 0.3) is 0 Å². The number of aliphatic hydroxyl groups is 1. The summed E-state index contributed by atoms with van der Waals surface area (Å²) in [5, 5.41) is 9.42. The van der Waals surface area contributed by atoms with Crippen LogP contribution >= 0.6 is 11.8 Å². The number of carbonyl (C=O) groups is 1. The van der Waals surface area contributed by atoms with E-state index in [-0.39, 0.29) is 31.4 Å². The Morgan fingerprint density at radius 3 is 2.67 bits per heavy atom. The topological polar surface area (TPSA) is 49.8 Å². The van der Waals surface area contributed by atoms with Gasteiger partial charge in [0.1, 0.15) is 6.61 Å². The van der Waals surface area contributed by atoms with E-state index >= 15 is 0 Å². The SMILES string of the molecule is CC(CO)N(C(=O)OCc1ccccc1)C1CCSCC1. The molecule has 21 heavy (non-hydrogen) atoms. The zero-order valence-corrected chi connectivity index (χ0v) is 13.2. The first kappa shape index (κ1) is 16.2. The predicted octanol–water partition coefficient (Wildman–Crippen LogP) is 2.90. The molecule has 1 aliphatic heterocycles. The molecule has 1 aliphatic rings. The minimum absolute atomic E-state index is 0.0376. The van der Waals surface area contributed by atoms with E-state index in [1.807, 2.05) is 49.0 Å². The molecule has 1 unspecified atom stereocenters. The summed E-state index contributed by atoms with van der Waals surface area (Å²) in [6.07, 6.45) is 1.61. The van der Waals surface area contributed by atoms with Gasteiger partial charge in [0.25, 0.3) is 0 Å². The predicted molar refractivity (Wildman–Crippen MR) is 85.4 cm³/mol. The third-order valence-electron chi connectivity index (χ3n) is 3.74. The Morgan fingerprint density at radius 2 is 2.05 bits per heavy atom. The highest BCUT2D eigenvalue weighted by molar-refractivity contribution is 7.99. The average Bonchev–Trinajstić information content (AvgIpc) is 2.55. The van der Waals surface area contributed by atoms with Crippen LogP contribution in [0.5, 0.6) is 0 Å². The summed E-state index contributed by atoms with van der Waals surface area (Å²) in [5.74, 6) is 2.12. The van der Waals surface area contributed by atoms with Crippen LogP contribution in [-0.2, 0) is 11.3 Å². The highest BCUT2D eigenvalue weighted by atomic mass is 32.2. The Kier molecular flexibility index (Phi) is 6.39. The number of benzene rings is 1. The maximum atomic E-state index is 12.4. The maximum absolute atomic E-state index is 12.4. The average molecular weight is 309 g/mol. The van der Waals surface area contributed by atoms with Gasteiger partial charge in [-0.15, -0.1) is 0 Å². The van der Waals surface area contributed by atoms with Crippen LogP contribution in [0, 0.1) is 0 Å². The third-order valence-corrected chi connectivity index (χ3v) is 4.79. The largest absolute Gasteiger partial charge is 0.445 e. The number of aliphatic hydroxyl groups excluding tert-OH is 1. The second kappa shape index (κ2) is 8.29. The van der Waals surface area contributed by atoms with E-state index in [0.29, 0.717) is 0 Å². The molecule has 1 heterocycles. The summed E-state index contributed by atoms with van der Waals surface area (Å²) >= 11 is 1.92. The number of amides is 1. The lowest BCUT2D eigenvalue weighted by molar-refractivity contribution is 0.0464. The molecule has 0 radical (unpaired) electrons. The Balaban J connectivity index is 1.96. The Labute approximate surface area is 130 Å². The van der Waals surface area contributed by atoms with E-state index in [1.165, 1.54) is 0 Å². The van der Waals surface area contributed by atoms with Gasteiger partial charge < -0.3 is 14.7 Å². The van der Waals surface area contributed by atoms with Crippen molar-refractivity contribution in [1.82, 2.24) is 4.90 Å². The van der Waals surface area contributed by atoms with Crippen molar-refractivity contribution >= 4 is 17.9 Å². The molecule has 1 saturated heterocycles. The number of hydrogen-bond acceptors (Lipinski definition) is 4. The van der Waals surface area contributed by atoms with Gasteiger partial charge in [-0.05, 0) is 36.8 Å². The van der Waals surface area contributed by atoms with Crippen LogP contribution in [0.3, 0.4) is 0 Å². The summed E-state index contributed by atoms with van der Waals surface area (Å²) < 4.78 is 5.44. The number of nitrogens with zero attached hydrogens (tertiary/aromatic N) is 1. The van der Waals surface area contributed by atoms with Crippen LogP contribution in [0.1, 0.15) is 25.3 Å². The quantitative estimate of drug-likeness (QED) is 0.908. The molecule has 4 nitrogen and oxygen atoms in total. The second-order valence-corrected chi connectivity index (χ2v) is 6.55. The fraction of sp³-hybridized carbons (Fsp3) is 0.562. The molecule has 0 bridgehead atoms. The van der Waals surface area contributed by atoms with E-state index in [4.69, 9.17) is 4.74 Å². The van der Waals surface area contributed by atoms with Crippen molar-refractivity contribution < 1.29 is 14.6 Å². The molecule has 1 aromatic carbocycles. The van der Waals surface area contributed by atoms with E-state index in [0.717, 1.165) is 29.9 Å². The van der Waals surface area contributed by atoms with Crippen molar-refractivity contribution in [3.05, 3.63) is 35.9 Å². The van der Waals surface area contributed by atoms with Crippen molar-refractivity contribution in [2.45, 2.75) is 38.5 Å². The fourth-order valence-electron chi connectivity index (χ4n) is 2.53. The normalized spacial score (nSPS) is 17.2. The first-order valence-corrected chi connectivity index (χ1v) is 8.55. The summed E-state index contributed by atoms with van der Waals surface area (Å²) in [6.45, 7) is 2.10. The van der Waals surface area contributed by atoms with Crippen molar-refractivity contribution in [2.75, 3.05) is 18.1 Å². The van der Waals surface area contributed by atoms with Gasteiger partial charge in [-0.2, -0.15) is 11.8 Å². The van der Waals surface area contributed by atoms with Gasteiger partial charge in [0.2, 0.25) is 0 Å². The minimum atomic E-state index is -0.322. The summed E-state index contributed by atoms with van der Waals surface area (Å²) in [6, 6.07) is 9.63. The van der Waals surface area contributed by atoms with E-state index in [1.54, 1.807) is 4.90 Å². The minimum Gasteiger partial charge on any atom is -0.445 e. The Hall–Kier alpha value is -1.20. The molecule has 5 heteroatoms. The molecule has 0 saturated carbocycles. The van der Waals surface area contributed by atoms with Gasteiger partial charge in [-0.3, -0.25) is 0 Å². The van der Waals surface area contributed by atoms with Crippen molar-refractivity contribution in [3.8, 4) is 0 Å². The molecule has 1 aromatic rings. The van der Waals surface area contributed by atoms with E-state index in [9.17, 15) is 9.90 Å². The molecule has 0 spiro atoms. The lowest BCUT2D eigenvalue weighted by Gasteiger charge is -2.36. The van der Waals surface area contributed by atoms with Gasteiger partial charge in [0, 0.05) is 6.04 Å². The first-order valence-electron chi connectivity index (χ1n) is 7.40. The zero-order chi connectivity index (χ0) is 15.1. The first-order chi connectivity index (χ1) is 10.2.